The first-order valence-electron chi connectivity index (χ1n) is 9.52. The molecule has 1 heterocycles. The zero-order valence-corrected chi connectivity index (χ0v) is 17.1. The van der Waals surface area contributed by atoms with Gasteiger partial charge in [0.15, 0.2) is 0 Å². The third kappa shape index (κ3) is 3.45. The fourth-order valence-corrected chi connectivity index (χ4v) is 3.72. The molecule has 160 valence electrons. The maximum Gasteiger partial charge on any atom is 0.269 e. The highest BCUT2D eigenvalue weighted by molar-refractivity contribution is 6.38. The van der Waals surface area contributed by atoms with Gasteiger partial charge >= 0.3 is 0 Å². The number of carbonyl (C=O) groups is 1. The van der Waals surface area contributed by atoms with Crippen molar-refractivity contribution in [1.82, 2.24) is 0 Å². The molecule has 32 heavy (non-hydrogen) atoms. The van der Waals surface area contributed by atoms with Crippen LogP contribution in [0.25, 0.3) is 11.1 Å². The molecule has 0 radical (unpaired) electrons. The summed E-state index contributed by atoms with van der Waals surface area (Å²) in [5, 5.41) is 22.2. The van der Waals surface area contributed by atoms with Gasteiger partial charge in [0, 0.05) is 48.5 Å². The van der Waals surface area contributed by atoms with E-state index in [0.717, 1.165) is 0 Å². The van der Waals surface area contributed by atoms with Crippen molar-refractivity contribution in [2.45, 2.75) is 0 Å². The summed E-state index contributed by atoms with van der Waals surface area (Å²) in [4.78, 5) is 36.0. The molecule has 3 aromatic carbocycles. The van der Waals surface area contributed by atoms with Crippen molar-refractivity contribution in [3.8, 4) is 5.75 Å². The molecule has 9 nitrogen and oxygen atoms in total. The minimum Gasteiger partial charge on any atom is -0.497 e. The van der Waals surface area contributed by atoms with Crippen LogP contribution in [0, 0.1) is 20.2 Å². The minimum absolute atomic E-state index is 0.0817. The number of nitrogens with zero attached hydrogens (tertiary/aromatic N) is 3. The number of ether oxygens (including phenoxy) is 1. The number of methoxy groups -OCH3 is 1. The van der Waals surface area contributed by atoms with Gasteiger partial charge in [-0.3, -0.25) is 25.0 Å². The molecule has 1 aliphatic heterocycles. The molecule has 0 saturated carbocycles. The summed E-state index contributed by atoms with van der Waals surface area (Å²) in [6, 6.07) is 17.0. The maximum atomic E-state index is 13.3. The Kier molecular flexibility index (Phi) is 5.15. The van der Waals surface area contributed by atoms with Crippen molar-refractivity contribution in [3.63, 3.8) is 0 Å². The fraction of sp³-hybridized carbons (Fsp3) is 0.0870. The number of anilines is 1. The molecule has 9 heteroatoms. The molecule has 0 bridgehead atoms. The Labute approximate surface area is 182 Å². The highest BCUT2D eigenvalue weighted by atomic mass is 16.6. The monoisotopic (exact) mass is 431 g/mol. The Morgan fingerprint density at radius 3 is 1.78 bits per heavy atom. The van der Waals surface area contributed by atoms with E-state index in [1.165, 1.54) is 36.3 Å². The summed E-state index contributed by atoms with van der Waals surface area (Å²) in [7, 11) is 3.19. The van der Waals surface area contributed by atoms with Crippen molar-refractivity contribution >= 4 is 34.1 Å². The van der Waals surface area contributed by atoms with E-state index in [2.05, 4.69) is 0 Å². The minimum atomic E-state index is -0.501. The normalized spacial score (nSPS) is 12.5. The van der Waals surface area contributed by atoms with E-state index in [4.69, 9.17) is 4.74 Å². The van der Waals surface area contributed by atoms with Crippen LogP contribution in [0.15, 0.2) is 66.7 Å². The molecule has 0 aromatic heterocycles. The van der Waals surface area contributed by atoms with E-state index in [9.17, 15) is 25.0 Å². The molecule has 0 atom stereocenters. The molecule has 0 aliphatic carbocycles. The van der Waals surface area contributed by atoms with Gasteiger partial charge in [0.2, 0.25) is 0 Å². The second kappa shape index (κ2) is 7.95. The van der Waals surface area contributed by atoms with Gasteiger partial charge < -0.3 is 9.64 Å². The Morgan fingerprint density at radius 1 is 0.844 bits per heavy atom. The number of rotatable bonds is 5. The average molecular weight is 431 g/mol. The van der Waals surface area contributed by atoms with Crippen molar-refractivity contribution < 1.29 is 19.4 Å². The van der Waals surface area contributed by atoms with E-state index in [1.807, 2.05) is 0 Å². The summed E-state index contributed by atoms with van der Waals surface area (Å²) in [6.07, 6.45) is 0. The van der Waals surface area contributed by atoms with Gasteiger partial charge in [-0.05, 0) is 47.5 Å². The Bertz CT molecular complexity index is 1220. The first kappa shape index (κ1) is 20.7. The highest BCUT2D eigenvalue weighted by Crippen LogP contribution is 2.44. The number of amides is 1. The molecular weight excluding hydrogens is 414 g/mol. The lowest BCUT2D eigenvalue weighted by Gasteiger charge is -2.13. The first-order valence-corrected chi connectivity index (χ1v) is 9.52. The zero-order chi connectivity index (χ0) is 23.0. The highest BCUT2D eigenvalue weighted by Gasteiger charge is 2.33. The van der Waals surface area contributed by atoms with Crippen LogP contribution in [-0.2, 0) is 4.79 Å². The van der Waals surface area contributed by atoms with Gasteiger partial charge in [0.1, 0.15) is 5.75 Å². The lowest BCUT2D eigenvalue weighted by molar-refractivity contribution is -0.385. The number of likely N-dealkylation sites (N-methyl/N-ethyl adjacent to an activating group) is 1. The van der Waals surface area contributed by atoms with E-state index >= 15 is 0 Å². The largest absolute Gasteiger partial charge is 0.497 e. The number of fused-ring (bicyclic) bond motifs is 1. The number of hydrogen-bond donors (Lipinski definition) is 0. The van der Waals surface area contributed by atoms with Crippen LogP contribution in [0.4, 0.5) is 17.1 Å². The SMILES string of the molecule is COc1ccc2c(c1)N(C)C(=O)C2=C(c1ccc([N+](=O)[O-])cc1)c1ccc([N+](=O)[O-])cc1. The molecule has 0 spiro atoms. The number of carbonyl (C=O) groups excluding carboxylic acids is 1. The predicted molar refractivity (Wildman–Crippen MR) is 119 cm³/mol. The van der Waals surface area contributed by atoms with Crippen LogP contribution in [0.2, 0.25) is 0 Å². The molecule has 0 fully saturated rings. The quantitative estimate of drug-likeness (QED) is 0.335. The second-order valence-electron chi connectivity index (χ2n) is 7.11. The Balaban J connectivity index is 1.99. The number of nitro benzene ring substituents is 2. The van der Waals surface area contributed by atoms with Gasteiger partial charge in [-0.1, -0.05) is 0 Å². The van der Waals surface area contributed by atoms with Crippen LogP contribution in [0.5, 0.6) is 5.75 Å². The topological polar surface area (TPSA) is 116 Å². The fourth-order valence-electron chi connectivity index (χ4n) is 3.72. The van der Waals surface area contributed by atoms with Crippen molar-refractivity contribution in [1.29, 1.82) is 0 Å². The number of nitro groups is 2. The van der Waals surface area contributed by atoms with E-state index in [0.29, 0.717) is 39.3 Å². The van der Waals surface area contributed by atoms with Gasteiger partial charge in [-0.2, -0.15) is 0 Å². The molecule has 4 rings (SSSR count). The lowest BCUT2D eigenvalue weighted by Crippen LogP contribution is -2.21. The van der Waals surface area contributed by atoms with Gasteiger partial charge in [-0.15, -0.1) is 0 Å². The third-order valence-corrected chi connectivity index (χ3v) is 5.34. The lowest BCUT2D eigenvalue weighted by atomic mass is 9.90. The van der Waals surface area contributed by atoms with Crippen LogP contribution in [0.1, 0.15) is 16.7 Å². The summed E-state index contributed by atoms with van der Waals surface area (Å²) in [6.45, 7) is 0. The van der Waals surface area contributed by atoms with Gasteiger partial charge in [-0.25, -0.2) is 0 Å². The zero-order valence-electron chi connectivity index (χ0n) is 17.1. The smallest absolute Gasteiger partial charge is 0.269 e. The van der Waals surface area contributed by atoms with Crippen molar-refractivity contribution in [3.05, 3.63) is 104 Å². The standard InChI is InChI=1S/C23H17N3O6/c1-24-20-13-18(32-2)11-12-19(20)22(23(24)27)21(14-3-7-16(8-4-14)25(28)29)15-5-9-17(10-6-15)26(30)31/h3-13H,1-2H3. The van der Waals surface area contributed by atoms with Gasteiger partial charge in [0.05, 0.1) is 28.2 Å². The summed E-state index contributed by atoms with van der Waals surface area (Å²) in [5.41, 5.74) is 3.23. The van der Waals surface area contributed by atoms with Crippen molar-refractivity contribution in [2.75, 3.05) is 19.1 Å². The number of benzene rings is 3. The van der Waals surface area contributed by atoms with Crippen LogP contribution >= 0.6 is 0 Å². The Hall–Kier alpha value is -4.53. The van der Waals surface area contributed by atoms with E-state index in [1.54, 1.807) is 49.5 Å². The van der Waals surface area contributed by atoms with Crippen LogP contribution < -0.4 is 9.64 Å². The molecule has 1 amide bonds. The average Bonchev–Trinajstić information content (AvgIpc) is 3.04. The van der Waals surface area contributed by atoms with Gasteiger partial charge in [0.25, 0.3) is 17.3 Å². The van der Waals surface area contributed by atoms with E-state index in [-0.39, 0.29) is 17.3 Å². The molecule has 0 saturated heterocycles. The molecule has 0 N–H and O–H groups in total. The molecular formula is C23H17N3O6. The third-order valence-electron chi connectivity index (χ3n) is 5.34. The number of non-ortho nitro benzene ring substituents is 2. The first-order chi connectivity index (χ1) is 15.3. The van der Waals surface area contributed by atoms with Crippen LogP contribution in [-0.4, -0.2) is 29.9 Å². The van der Waals surface area contributed by atoms with Crippen LogP contribution in [0.3, 0.4) is 0 Å². The maximum absolute atomic E-state index is 13.3. The summed E-state index contributed by atoms with van der Waals surface area (Å²) < 4.78 is 5.28. The number of hydrogen-bond acceptors (Lipinski definition) is 6. The second-order valence-corrected chi connectivity index (χ2v) is 7.11. The molecule has 3 aromatic rings. The molecule has 1 aliphatic rings. The van der Waals surface area contributed by atoms with E-state index < -0.39 is 9.85 Å². The molecule has 0 unspecified atom stereocenters. The predicted octanol–water partition coefficient (Wildman–Crippen LogP) is 4.45. The summed E-state index contributed by atoms with van der Waals surface area (Å²) in [5.74, 6) is 0.330. The van der Waals surface area contributed by atoms with Crippen molar-refractivity contribution in [2.24, 2.45) is 0 Å². The summed E-state index contributed by atoms with van der Waals surface area (Å²) >= 11 is 0. The Morgan fingerprint density at radius 2 is 1.34 bits per heavy atom.